The summed E-state index contributed by atoms with van der Waals surface area (Å²) < 4.78 is 17.2. The van der Waals surface area contributed by atoms with Gasteiger partial charge in [-0.25, -0.2) is 0 Å². The summed E-state index contributed by atoms with van der Waals surface area (Å²) in [5.41, 5.74) is 3.44. The predicted octanol–water partition coefficient (Wildman–Crippen LogP) is 5.56. The summed E-state index contributed by atoms with van der Waals surface area (Å²) in [7, 11) is 1.64. The van der Waals surface area contributed by atoms with Gasteiger partial charge in [0.15, 0.2) is 5.43 Å². The van der Waals surface area contributed by atoms with Crippen LogP contribution in [-0.2, 0) is 4.74 Å². The normalized spacial score (nSPS) is 15.2. The van der Waals surface area contributed by atoms with Crippen molar-refractivity contribution in [3.8, 4) is 5.75 Å². The molecule has 4 rings (SSSR count). The molecule has 0 saturated carbocycles. The Balaban J connectivity index is 1.76. The second-order valence-corrected chi connectivity index (χ2v) is 9.00. The molecule has 0 radical (unpaired) electrons. The average Bonchev–Trinajstić information content (AvgIpc) is 3.09. The van der Waals surface area contributed by atoms with Crippen LogP contribution in [0.15, 0.2) is 45.6 Å². The van der Waals surface area contributed by atoms with Crippen molar-refractivity contribution in [3.63, 3.8) is 0 Å². The van der Waals surface area contributed by atoms with Crippen LogP contribution in [-0.4, -0.2) is 37.7 Å². The highest BCUT2D eigenvalue weighted by Gasteiger charge is 2.42. The predicted molar refractivity (Wildman–Crippen MR) is 133 cm³/mol. The van der Waals surface area contributed by atoms with Gasteiger partial charge in [-0.05, 0) is 61.6 Å². The molecule has 2 heterocycles. The topological polar surface area (TPSA) is 69.0 Å². The van der Waals surface area contributed by atoms with Crippen LogP contribution in [0.5, 0.6) is 5.75 Å². The molecule has 1 aromatic heterocycles. The first-order chi connectivity index (χ1) is 16.5. The first-order valence-corrected chi connectivity index (χ1v) is 12.1. The Kier molecular flexibility index (Phi) is 7.37. The van der Waals surface area contributed by atoms with E-state index in [-0.39, 0.29) is 17.1 Å². The van der Waals surface area contributed by atoms with Gasteiger partial charge in [0.2, 0.25) is 5.76 Å². The molecular weight excluding hydrogens is 430 g/mol. The molecule has 0 N–H and O–H groups in total. The summed E-state index contributed by atoms with van der Waals surface area (Å²) in [5, 5.41) is 0.539. The van der Waals surface area contributed by atoms with Crippen LogP contribution in [0.1, 0.15) is 71.5 Å². The van der Waals surface area contributed by atoms with E-state index >= 15 is 0 Å². The van der Waals surface area contributed by atoms with Crippen molar-refractivity contribution >= 4 is 16.9 Å². The molecule has 180 valence electrons. The molecule has 0 fully saturated rings. The van der Waals surface area contributed by atoms with E-state index in [4.69, 9.17) is 13.9 Å². The van der Waals surface area contributed by atoms with E-state index in [9.17, 15) is 9.59 Å². The molecule has 34 heavy (non-hydrogen) atoms. The highest BCUT2D eigenvalue weighted by atomic mass is 16.5. The third-order valence-corrected chi connectivity index (χ3v) is 6.37. The van der Waals surface area contributed by atoms with Crippen LogP contribution in [0.25, 0.3) is 11.0 Å². The van der Waals surface area contributed by atoms with E-state index in [1.807, 2.05) is 50.2 Å². The number of ether oxygens (including phenoxy) is 2. The summed E-state index contributed by atoms with van der Waals surface area (Å²) in [5.74, 6) is 0.672. The van der Waals surface area contributed by atoms with E-state index in [1.54, 1.807) is 12.0 Å². The molecule has 6 nitrogen and oxygen atoms in total. The number of aryl methyl sites for hydroxylation is 2. The Labute approximate surface area is 200 Å². The lowest BCUT2D eigenvalue weighted by molar-refractivity contribution is 0.0708. The van der Waals surface area contributed by atoms with Crippen LogP contribution >= 0.6 is 0 Å². The minimum Gasteiger partial charge on any atom is -0.494 e. The SMILES string of the molecule is CCCCCOc1ccc(C2c3c(oc4cc(C)cc(C)c4c3=O)C(=O)N2CCCOC)cc1. The fourth-order valence-electron chi connectivity index (χ4n) is 4.76. The summed E-state index contributed by atoms with van der Waals surface area (Å²) in [4.78, 5) is 28.9. The second-order valence-electron chi connectivity index (χ2n) is 9.00. The molecule has 1 aliphatic heterocycles. The van der Waals surface area contributed by atoms with Gasteiger partial charge >= 0.3 is 0 Å². The number of carbonyl (C=O) groups is 1. The molecule has 6 heteroatoms. The number of rotatable bonds is 10. The Morgan fingerprint density at radius 3 is 2.47 bits per heavy atom. The van der Waals surface area contributed by atoms with E-state index < -0.39 is 6.04 Å². The van der Waals surface area contributed by atoms with Crippen LogP contribution in [0, 0.1) is 13.8 Å². The highest BCUT2D eigenvalue weighted by molar-refractivity contribution is 5.99. The van der Waals surface area contributed by atoms with Crippen molar-refractivity contribution in [1.29, 1.82) is 0 Å². The molecule has 0 saturated heterocycles. The number of hydrogen-bond acceptors (Lipinski definition) is 5. The van der Waals surface area contributed by atoms with Crippen molar-refractivity contribution < 1.29 is 18.7 Å². The summed E-state index contributed by atoms with van der Waals surface area (Å²) >= 11 is 0. The van der Waals surface area contributed by atoms with Gasteiger partial charge in [-0.3, -0.25) is 9.59 Å². The van der Waals surface area contributed by atoms with Crippen molar-refractivity contribution in [1.82, 2.24) is 4.90 Å². The molecular formula is C28H33NO5. The highest BCUT2D eigenvalue weighted by Crippen LogP contribution is 2.39. The monoisotopic (exact) mass is 463 g/mol. The van der Waals surface area contributed by atoms with Crippen molar-refractivity contribution in [2.75, 3.05) is 26.9 Å². The molecule has 1 amide bonds. The number of unbranched alkanes of at least 4 members (excludes halogenated alkanes) is 2. The molecule has 2 aromatic carbocycles. The first kappa shape index (κ1) is 24.0. The minimum atomic E-state index is -0.505. The zero-order chi connectivity index (χ0) is 24.2. The Morgan fingerprint density at radius 1 is 1.00 bits per heavy atom. The van der Waals surface area contributed by atoms with Crippen molar-refractivity contribution in [2.45, 2.75) is 52.5 Å². The number of nitrogens with zero attached hydrogens (tertiary/aromatic N) is 1. The lowest BCUT2D eigenvalue weighted by Crippen LogP contribution is -2.31. The van der Waals surface area contributed by atoms with E-state index in [0.717, 1.165) is 41.7 Å². The number of amides is 1. The largest absolute Gasteiger partial charge is 0.494 e. The molecule has 3 aromatic rings. The van der Waals surface area contributed by atoms with Crippen LogP contribution in [0.3, 0.4) is 0 Å². The van der Waals surface area contributed by atoms with Crippen LogP contribution in [0.4, 0.5) is 0 Å². The summed E-state index contributed by atoms with van der Waals surface area (Å²) in [6.45, 7) is 7.69. The lowest BCUT2D eigenvalue weighted by atomic mass is 9.97. The van der Waals surface area contributed by atoms with Gasteiger partial charge in [-0.15, -0.1) is 0 Å². The zero-order valence-corrected chi connectivity index (χ0v) is 20.5. The van der Waals surface area contributed by atoms with Gasteiger partial charge in [-0.1, -0.05) is 38.0 Å². The molecule has 1 aliphatic rings. The maximum atomic E-state index is 13.7. The lowest BCUT2D eigenvalue weighted by Gasteiger charge is -2.25. The Hall–Kier alpha value is -3.12. The molecule has 0 bridgehead atoms. The number of benzene rings is 2. The first-order valence-electron chi connectivity index (χ1n) is 12.1. The number of methoxy groups -OCH3 is 1. The quantitative estimate of drug-likeness (QED) is 0.368. The van der Waals surface area contributed by atoms with Crippen molar-refractivity contribution in [2.24, 2.45) is 0 Å². The summed E-state index contributed by atoms with van der Waals surface area (Å²) in [6, 6.07) is 11.0. The fourth-order valence-corrected chi connectivity index (χ4v) is 4.76. The van der Waals surface area contributed by atoms with Gasteiger partial charge in [-0.2, -0.15) is 0 Å². The fraction of sp³-hybridized carbons (Fsp3) is 0.429. The van der Waals surface area contributed by atoms with Crippen molar-refractivity contribution in [3.05, 3.63) is 74.6 Å². The third-order valence-electron chi connectivity index (χ3n) is 6.37. The maximum absolute atomic E-state index is 13.7. The standard InChI is InChI=1S/C28H33NO5/c1-5-6-7-15-33-21-11-9-20(10-12-21)25-24-26(30)23-19(3)16-18(2)17-22(23)34-27(24)28(31)29(25)13-8-14-32-4/h9-12,16-17,25H,5-8,13-15H2,1-4H3. The van der Waals surface area contributed by atoms with Crippen LogP contribution < -0.4 is 10.2 Å². The molecule has 1 unspecified atom stereocenters. The number of fused-ring (bicyclic) bond motifs is 2. The van der Waals surface area contributed by atoms with Gasteiger partial charge in [0.05, 0.1) is 23.6 Å². The Morgan fingerprint density at radius 2 is 1.76 bits per heavy atom. The third kappa shape index (κ3) is 4.60. The maximum Gasteiger partial charge on any atom is 0.290 e. The van der Waals surface area contributed by atoms with Crippen LogP contribution in [0.2, 0.25) is 0 Å². The minimum absolute atomic E-state index is 0.138. The molecule has 0 spiro atoms. The zero-order valence-electron chi connectivity index (χ0n) is 20.5. The summed E-state index contributed by atoms with van der Waals surface area (Å²) in [6.07, 6.45) is 3.96. The average molecular weight is 464 g/mol. The van der Waals surface area contributed by atoms with E-state index in [0.29, 0.717) is 42.7 Å². The number of hydrogen-bond donors (Lipinski definition) is 0. The van der Waals surface area contributed by atoms with E-state index in [1.165, 1.54) is 0 Å². The van der Waals surface area contributed by atoms with Gasteiger partial charge < -0.3 is 18.8 Å². The Bertz CT molecular complexity index is 1230. The smallest absolute Gasteiger partial charge is 0.290 e. The molecule has 1 atom stereocenters. The van der Waals surface area contributed by atoms with Gasteiger partial charge in [0.1, 0.15) is 11.3 Å². The number of carbonyl (C=O) groups excluding carboxylic acids is 1. The van der Waals surface area contributed by atoms with Gasteiger partial charge in [0, 0.05) is 20.3 Å². The second kappa shape index (κ2) is 10.4. The van der Waals surface area contributed by atoms with E-state index in [2.05, 4.69) is 6.92 Å². The molecule has 0 aliphatic carbocycles. The van der Waals surface area contributed by atoms with Gasteiger partial charge in [0.25, 0.3) is 5.91 Å².